The maximum atomic E-state index is 14.1. The van der Waals surface area contributed by atoms with Gasteiger partial charge >= 0.3 is 6.18 Å². The van der Waals surface area contributed by atoms with Crippen molar-refractivity contribution in [2.75, 3.05) is 30.5 Å². The van der Waals surface area contributed by atoms with Gasteiger partial charge in [-0.3, -0.25) is 0 Å². The van der Waals surface area contributed by atoms with Crippen LogP contribution in [0.25, 0.3) is 10.9 Å². The molecule has 0 radical (unpaired) electrons. The van der Waals surface area contributed by atoms with Crippen LogP contribution in [0.2, 0.25) is 0 Å². The van der Waals surface area contributed by atoms with Crippen LogP contribution in [0.1, 0.15) is 5.69 Å². The third-order valence-electron chi connectivity index (χ3n) is 4.50. The molecule has 0 atom stereocenters. The van der Waals surface area contributed by atoms with Crippen molar-refractivity contribution in [1.82, 2.24) is 4.57 Å². The summed E-state index contributed by atoms with van der Waals surface area (Å²) >= 11 is 0. The summed E-state index contributed by atoms with van der Waals surface area (Å²) in [6, 6.07) is 9.99. The zero-order valence-corrected chi connectivity index (χ0v) is 17.5. The van der Waals surface area contributed by atoms with Crippen molar-refractivity contribution in [2.24, 2.45) is 0 Å². The molecule has 0 aliphatic carbocycles. The largest absolute Gasteiger partial charge is 0.406 e. The summed E-state index contributed by atoms with van der Waals surface area (Å²) in [5, 5.41) is 6.25. The van der Waals surface area contributed by atoms with Gasteiger partial charge in [-0.05, 0) is 42.3 Å². The molecule has 31 heavy (non-hydrogen) atoms. The van der Waals surface area contributed by atoms with Crippen LogP contribution in [-0.2, 0) is 16.4 Å². The summed E-state index contributed by atoms with van der Waals surface area (Å²) in [6.45, 7) is -1.25. The van der Waals surface area contributed by atoms with E-state index in [1.807, 2.05) is 0 Å². The van der Waals surface area contributed by atoms with Gasteiger partial charge in [-0.25, -0.2) is 12.8 Å². The lowest BCUT2D eigenvalue weighted by molar-refractivity contribution is -0.140. The summed E-state index contributed by atoms with van der Waals surface area (Å²) < 4.78 is 77.4. The average molecular weight is 453 g/mol. The highest BCUT2D eigenvalue weighted by Gasteiger charge is 2.29. The average Bonchev–Trinajstić information content (AvgIpc) is 3.01. The van der Waals surface area contributed by atoms with E-state index in [2.05, 4.69) is 22.5 Å². The molecule has 1 aromatic heterocycles. The van der Waals surface area contributed by atoms with Gasteiger partial charge in [-0.15, -0.1) is 0 Å². The highest BCUT2D eigenvalue weighted by Crippen LogP contribution is 2.29. The van der Waals surface area contributed by atoms with Crippen LogP contribution in [-0.4, -0.2) is 39.0 Å². The number of hydrogen-bond acceptors (Lipinski definition) is 4. The third-order valence-corrected chi connectivity index (χ3v) is 5.62. The van der Waals surface area contributed by atoms with E-state index in [0.717, 1.165) is 16.9 Å². The number of nitrogens with zero attached hydrogens (tertiary/aromatic N) is 1. The number of halogens is 4. The Morgan fingerprint density at radius 2 is 1.84 bits per heavy atom. The van der Waals surface area contributed by atoms with E-state index in [1.54, 1.807) is 31.3 Å². The van der Waals surface area contributed by atoms with Crippen molar-refractivity contribution in [1.29, 1.82) is 0 Å². The van der Waals surface area contributed by atoms with Crippen molar-refractivity contribution in [2.45, 2.75) is 17.6 Å². The van der Waals surface area contributed by atoms with Gasteiger partial charge in [0.25, 0.3) is 0 Å². The van der Waals surface area contributed by atoms with Gasteiger partial charge in [0.15, 0.2) is 9.84 Å². The molecule has 0 aliphatic heterocycles. The van der Waals surface area contributed by atoms with Gasteiger partial charge in [0.05, 0.1) is 28.3 Å². The van der Waals surface area contributed by atoms with Crippen LogP contribution in [0.4, 0.5) is 28.9 Å². The van der Waals surface area contributed by atoms with Crippen molar-refractivity contribution >= 4 is 32.1 Å². The Morgan fingerprint density at radius 3 is 2.45 bits per heavy atom. The minimum absolute atomic E-state index is 0.0370. The van der Waals surface area contributed by atoms with Crippen molar-refractivity contribution < 1.29 is 26.0 Å². The van der Waals surface area contributed by atoms with Crippen LogP contribution in [0.3, 0.4) is 0 Å². The normalized spacial score (nSPS) is 11.8. The number of sulfone groups is 1. The van der Waals surface area contributed by atoms with Crippen LogP contribution >= 0.6 is 0 Å². The molecule has 0 saturated heterocycles. The molecule has 3 aromatic rings. The minimum Gasteiger partial charge on any atom is -0.388 e. The molecule has 0 aliphatic rings. The quantitative estimate of drug-likeness (QED) is 0.448. The molecule has 2 aromatic carbocycles. The van der Waals surface area contributed by atoms with Gasteiger partial charge in [0.1, 0.15) is 12.4 Å². The molecule has 1 heterocycles. The SMILES string of the molecule is CNc1cccc2c1cc(C#CCNc1ccc(S(C)(=O)=O)cc1F)n2CC(F)(F)F. The number of benzene rings is 2. The maximum absolute atomic E-state index is 14.1. The van der Waals surface area contributed by atoms with Gasteiger partial charge < -0.3 is 15.2 Å². The summed E-state index contributed by atoms with van der Waals surface area (Å²) in [5.41, 5.74) is 1.27. The number of nitrogens with one attached hydrogen (secondary N) is 2. The van der Waals surface area contributed by atoms with Crippen LogP contribution < -0.4 is 10.6 Å². The summed E-state index contributed by atoms with van der Waals surface area (Å²) in [5.74, 6) is 4.63. The first-order valence-corrected chi connectivity index (χ1v) is 11.0. The second-order valence-corrected chi connectivity index (χ2v) is 8.80. The van der Waals surface area contributed by atoms with E-state index in [0.29, 0.717) is 16.6 Å². The Bertz CT molecular complexity index is 1290. The summed E-state index contributed by atoms with van der Waals surface area (Å²) in [7, 11) is -1.86. The molecule has 5 nitrogen and oxygen atoms in total. The second-order valence-electron chi connectivity index (χ2n) is 6.79. The number of alkyl halides is 3. The fourth-order valence-electron chi connectivity index (χ4n) is 3.10. The first kappa shape index (κ1) is 22.5. The Hall–Kier alpha value is -3.19. The molecule has 164 valence electrons. The monoisotopic (exact) mass is 453 g/mol. The standard InChI is InChI=1S/C21H19F4N3O2S/c1-26-18-6-3-7-20-16(18)11-14(28(20)13-21(23,24)25)5-4-10-27-19-9-8-15(12-17(19)22)31(2,29)30/h3,6-9,11-12,26-27H,10,13H2,1-2H3. The molecular formula is C21H19F4N3O2S. The van der Waals surface area contributed by atoms with Crippen LogP contribution in [0.15, 0.2) is 47.4 Å². The van der Waals surface area contributed by atoms with Crippen molar-refractivity contribution in [3.63, 3.8) is 0 Å². The first-order valence-electron chi connectivity index (χ1n) is 9.09. The Morgan fingerprint density at radius 1 is 1.10 bits per heavy atom. The van der Waals surface area contributed by atoms with Gasteiger partial charge in [-0.2, -0.15) is 13.2 Å². The van der Waals surface area contributed by atoms with E-state index < -0.39 is 28.4 Å². The predicted molar refractivity (Wildman–Crippen MR) is 112 cm³/mol. The predicted octanol–water partition coefficient (Wildman–Crippen LogP) is 4.25. The van der Waals surface area contributed by atoms with Gasteiger partial charge in [0.2, 0.25) is 0 Å². The minimum atomic E-state index is -4.43. The molecule has 0 spiro atoms. The maximum Gasteiger partial charge on any atom is 0.406 e. The lowest BCUT2D eigenvalue weighted by Crippen LogP contribution is -2.18. The highest BCUT2D eigenvalue weighted by atomic mass is 32.2. The van der Waals surface area contributed by atoms with Crippen LogP contribution in [0.5, 0.6) is 0 Å². The topological polar surface area (TPSA) is 63.1 Å². The molecule has 2 N–H and O–H groups in total. The van der Waals surface area contributed by atoms with Gasteiger partial charge in [0, 0.05) is 24.4 Å². The summed E-state index contributed by atoms with van der Waals surface area (Å²) in [4.78, 5) is -0.154. The fraction of sp³-hybridized carbons (Fsp3) is 0.238. The van der Waals surface area contributed by atoms with Crippen molar-refractivity contribution in [3.8, 4) is 11.8 Å². The molecule has 0 bridgehead atoms. The molecule has 0 saturated carbocycles. The number of hydrogen-bond donors (Lipinski definition) is 2. The van der Waals surface area contributed by atoms with E-state index in [1.165, 1.54) is 12.1 Å². The molecule has 3 rings (SSSR count). The Balaban J connectivity index is 1.87. The molecule has 0 fully saturated rings. The Kier molecular flexibility index (Phi) is 6.18. The second kappa shape index (κ2) is 8.51. The third kappa shape index (κ3) is 5.30. The van der Waals surface area contributed by atoms with Crippen LogP contribution in [0, 0.1) is 17.7 Å². The zero-order valence-electron chi connectivity index (χ0n) is 16.6. The lowest BCUT2D eigenvalue weighted by atomic mass is 10.2. The van der Waals surface area contributed by atoms with Gasteiger partial charge in [-0.1, -0.05) is 12.0 Å². The molecule has 0 unspecified atom stereocenters. The van der Waals surface area contributed by atoms with E-state index in [9.17, 15) is 26.0 Å². The first-order chi connectivity index (χ1) is 14.5. The van der Waals surface area contributed by atoms with E-state index in [-0.39, 0.29) is 22.8 Å². The fourth-order valence-corrected chi connectivity index (χ4v) is 3.73. The zero-order chi connectivity index (χ0) is 22.8. The lowest BCUT2D eigenvalue weighted by Gasteiger charge is -2.11. The molecular weight excluding hydrogens is 434 g/mol. The van der Waals surface area contributed by atoms with E-state index >= 15 is 0 Å². The number of fused-ring (bicyclic) bond motifs is 1. The summed E-state index contributed by atoms with van der Waals surface area (Å²) in [6.07, 6.45) is -3.46. The number of aromatic nitrogens is 1. The van der Waals surface area contributed by atoms with Crippen molar-refractivity contribution in [3.05, 3.63) is 54.0 Å². The Labute approximate surface area is 177 Å². The van der Waals surface area contributed by atoms with E-state index in [4.69, 9.17) is 0 Å². The highest BCUT2D eigenvalue weighted by molar-refractivity contribution is 7.90. The molecule has 10 heteroatoms. The number of anilines is 2. The molecule has 0 amide bonds. The smallest absolute Gasteiger partial charge is 0.388 e. The number of rotatable bonds is 5.